The molecule has 0 aliphatic heterocycles. The van der Waals surface area contributed by atoms with Gasteiger partial charge in [-0.15, -0.1) is 0 Å². The van der Waals surface area contributed by atoms with Gasteiger partial charge in [-0.25, -0.2) is 0 Å². The van der Waals surface area contributed by atoms with E-state index in [1.54, 1.807) is 0 Å². The third-order valence-corrected chi connectivity index (χ3v) is 2.14. The van der Waals surface area contributed by atoms with Gasteiger partial charge in [-0.2, -0.15) is 0 Å². The molecule has 0 fully saturated rings. The molecule has 0 atom stereocenters. The van der Waals surface area contributed by atoms with Crippen LogP contribution in [-0.4, -0.2) is 11.2 Å². The minimum Gasteiger partial charge on any atom is -0.604 e. The van der Waals surface area contributed by atoms with Crippen LogP contribution in [0.4, 0.5) is 0 Å². The Morgan fingerprint density at radius 1 is 0.750 bits per heavy atom. The predicted octanol–water partition coefficient (Wildman–Crippen LogP) is 4.80. The summed E-state index contributed by atoms with van der Waals surface area (Å²) in [7, 11) is -1.51. The average Bonchev–Trinajstić information content (AvgIpc) is 1.49. The molecule has 3 nitrogen and oxygen atoms in total. The molecule has 0 bridgehead atoms. The Kier molecular flexibility index (Phi) is 25.6. The van der Waals surface area contributed by atoms with Crippen LogP contribution in [0.15, 0.2) is 0 Å². The Labute approximate surface area is 170 Å². The summed E-state index contributed by atoms with van der Waals surface area (Å²) in [6.07, 6.45) is 0. The molecule has 96 valence electrons. The molecule has 6 heteroatoms. The molecule has 0 saturated heterocycles. The zero-order valence-electron chi connectivity index (χ0n) is 11.9. The summed E-state index contributed by atoms with van der Waals surface area (Å²) < 4.78 is 10.6. The molecule has 0 amide bonds. The van der Waals surface area contributed by atoms with Gasteiger partial charge in [0.2, 0.25) is 0 Å². The monoisotopic (exact) mass is 504 g/mol. The van der Waals surface area contributed by atoms with Crippen LogP contribution in [0.5, 0.6) is 0 Å². The Morgan fingerprint density at radius 2 is 0.938 bits per heavy atom. The second-order valence-electron chi connectivity index (χ2n) is 4.66. The van der Waals surface area contributed by atoms with Gasteiger partial charge in [0.25, 0.3) is 0 Å². The molecule has 0 aliphatic rings. The first-order chi connectivity index (χ1) is 5.10. The van der Waals surface area contributed by atoms with Gasteiger partial charge in [0.1, 0.15) is 0 Å². The first-order valence-electron chi connectivity index (χ1n) is 4.00. The normalized spacial score (nSPS) is 10.5. The molecular weight excluding hydrogens is 479 g/mol. The quantitative estimate of drug-likeness (QED) is 0.401. The Hall–Kier alpha value is 3.04. The Balaban J connectivity index is -0.000000101. The van der Waals surface area contributed by atoms with E-state index in [0.29, 0.717) is 0 Å². The van der Waals surface area contributed by atoms with Crippen LogP contribution in [-0.2, 0) is 9.05 Å². The number of nitrogens with one attached hydrogen (secondary N) is 1. The molecule has 0 heterocycles. The Bertz CT molecular complexity index is 131. The van der Waals surface area contributed by atoms with Crippen molar-refractivity contribution in [3.8, 4) is 0 Å². The van der Waals surface area contributed by atoms with E-state index in [1.165, 1.54) is 0 Å². The van der Waals surface area contributed by atoms with Crippen LogP contribution in [0, 0.1) is 97.4 Å². The van der Waals surface area contributed by atoms with Gasteiger partial charge < -0.3 is 29.4 Å². The maximum absolute atomic E-state index is 7.50. The van der Waals surface area contributed by atoms with E-state index in [2.05, 4.69) is 0 Å². The van der Waals surface area contributed by atoms with Crippen molar-refractivity contribution < 1.29 is 91.6 Å². The molecular formula is C10H25NO2PPr2-3. The van der Waals surface area contributed by atoms with E-state index in [0.717, 1.165) is 0 Å². The van der Waals surface area contributed by atoms with Crippen molar-refractivity contribution in [1.29, 1.82) is 0 Å². The molecule has 0 saturated carbocycles. The largest absolute Gasteiger partial charge is 0.604 e. The van der Waals surface area contributed by atoms with Crippen LogP contribution in [0.3, 0.4) is 0 Å². The first-order valence-corrected chi connectivity index (χ1v) is 5.17. The van der Waals surface area contributed by atoms with Crippen molar-refractivity contribution in [3.05, 3.63) is 20.4 Å². The van der Waals surface area contributed by atoms with Gasteiger partial charge in [-0.3, -0.25) is 0 Å². The minimum absolute atomic E-state index is 0. The first kappa shape index (κ1) is 31.4. The van der Waals surface area contributed by atoms with Crippen molar-refractivity contribution in [2.75, 3.05) is 0 Å². The number of rotatable bonds is 2. The summed E-state index contributed by atoms with van der Waals surface area (Å²) in [5, 5.41) is 0. The number of hydrogen-bond donors (Lipinski definition) is 0. The second kappa shape index (κ2) is 13.0. The summed E-state index contributed by atoms with van der Waals surface area (Å²) in [5.41, 5.74) is 6.92. The molecule has 16 heavy (non-hydrogen) atoms. The maximum Gasteiger partial charge on any atom is 0.0649 e. The molecule has 0 spiro atoms. The van der Waals surface area contributed by atoms with E-state index in [1.807, 2.05) is 41.5 Å². The topological polar surface area (TPSA) is 42.3 Å². The van der Waals surface area contributed by atoms with Gasteiger partial charge in [0.05, 0.1) is 19.7 Å². The van der Waals surface area contributed by atoms with E-state index in [9.17, 15) is 0 Å². The zero-order chi connectivity index (χ0) is 9.99. The summed E-state index contributed by atoms with van der Waals surface area (Å²) in [5.74, 6) is 0. The Morgan fingerprint density at radius 3 is 1.06 bits per heavy atom. The third-order valence-electron chi connectivity index (χ3n) is 0.714. The molecule has 0 rings (SSSR count). The van der Waals surface area contributed by atoms with Crippen LogP contribution in [0.1, 0.15) is 41.5 Å². The van der Waals surface area contributed by atoms with Crippen LogP contribution in [0.25, 0.3) is 5.50 Å². The third kappa shape index (κ3) is 25.8. The molecule has 1 N–H and O–H groups in total. The van der Waals surface area contributed by atoms with Crippen molar-refractivity contribution in [3.63, 3.8) is 0 Å². The van der Waals surface area contributed by atoms with E-state index in [-0.39, 0.29) is 109 Å². The molecule has 0 aromatic carbocycles. The van der Waals surface area contributed by atoms with Crippen molar-refractivity contribution in [2.45, 2.75) is 52.7 Å². The second-order valence-corrected chi connectivity index (χ2v) is 5.54. The van der Waals surface area contributed by atoms with Gasteiger partial charge in [0.15, 0.2) is 0 Å². The number of hydrogen-bond acceptors (Lipinski definition) is 2. The van der Waals surface area contributed by atoms with Gasteiger partial charge in [-0.1, -0.05) is 0 Å². The fourth-order valence-electron chi connectivity index (χ4n) is 0.516. The van der Waals surface area contributed by atoms with Crippen LogP contribution in [0.2, 0.25) is 0 Å². The van der Waals surface area contributed by atoms with Crippen molar-refractivity contribution in [1.82, 2.24) is 0 Å². The molecule has 0 aromatic heterocycles. The van der Waals surface area contributed by atoms with E-state index < -0.39 is 8.53 Å². The molecule has 0 aromatic rings. The van der Waals surface area contributed by atoms with Gasteiger partial charge in [0, 0.05) is 82.6 Å². The standard InChI is InChI=1S/C8H19NO2P.2CH3.2Pr/c1-7(2,3)10-12(9)11-8(4,5)6;;;;/h9H,1-6H3;2*1H3;;/q3*-1;;. The summed E-state index contributed by atoms with van der Waals surface area (Å²) >= 11 is 0. The van der Waals surface area contributed by atoms with E-state index in [4.69, 9.17) is 14.6 Å². The average molecular weight is 504 g/mol. The molecule has 2 radical (unpaired) electrons. The summed E-state index contributed by atoms with van der Waals surface area (Å²) in [4.78, 5) is 0. The van der Waals surface area contributed by atoms with Crippen LogP contribution < -0.4 is 0 Å². The predicted molar refractivity (Wildman–Crippen MR) is 65.7 cm³/mol. The molecule has 0 aliphatic carbocycles. The fourth-order valence-corrected chi connectivity index (χ4v) is 1.55. The van der Waals surface area contributed by atoms with Crippen molar-refractivity contribution in [2.24, 2.45) is 0 Å². The fraction of sp³-hybridized carbons (Fsp3) is 0.800. The smallest absolute Gasteiger partial charge is 0.0649 e. The zero-order valence-corrected chi connectivity index (χ0v) is 20.2. The van der Waals surface area contributed by atoms with Gasteiger partial charge >= 0.3 is 0 Å². The molecule has 0 unspecified atom stereocenters. The van der Waals surface area contributed by atoms with Gasteiger partial charge in [-0.05, 0) is 41.5 Å². The maximum atomic E-state index is 7.50. The summed E-state index contributed by atoms with van der Waals surface area (Å²) in [6, 6.07) is 0. The van der Waals surface area contributed by atoms with Crippen molar-refractivity contribution >= 4 is 8.53 Å². The van der Waals surface area contributed by atoms with Crippen LogP contribution >= 0.6 is 8.53 Å². The minimum atomic E-state index is -1.51. The SMILES string of the molecule is CC(C)(C)OP([NH-])OC(C)(C)C.[CH3-].[CH3-].[Pr].[Pr]. The summed E-state index contributed by atoms with van der Waals surface area (Å²) in [6.45, 7) is 11.5. The van der Waals surface area contributed by atoms with E-state index >= 15 is 0 Å².